The second-order valence-corrected chi connectivity index (χ2v) is 5.08. The number of carbonyl (C=O) groups excluding carboxylic acids is 2. The Morgan fingerprint density at radius 2 is 2.00 bits per heavy atom. The number of nitrogens with zero attached hydrogens (tertiary/aromatic N) is 1. The van der Waals surface area contributed by atoms with Gasteiger partial charge in [0, 0.05) is 25.6 Å². The summed E-state index contributed by atoms with van der Waals surface area (Å²) in [5, 5.41) is 0. The number of likely N-dealkylation sites (tertiary alicyclic amines) is 1. The summed E-state index contributed by atoms with van der Waals surface area (Å²) >= 11 is 0. The zero-order chi connectivity index (χ0) is 12.3. The first-order valence-electron chi connectivity index (χ1n) is 6.57. The van der Waals surface area contributed by atoms with Crippen LogP contribution in [0.5, 0.6) is 0 Å². The van der Waals surface area contributed by atoms with E-state index in [2.05, 4.69) is 4.90 Å². The number of methoxy groups -OCH3 is 1. The Kier molecular flexibility index (Phi) is 4.15. The summed E-state index contributed by atoms with van der Waals surface area (Å²) in [6, 6.07) is 0.573. The van der Waals surface area contributed by atoms with E-state index in [0.717, 1.165) is 6.54 Å². The highest BCUT2D eigenvalue weighted by Crippen LogP contribution is 2.26. The maximum absolute atomic E-state index is 11.7. The van der Waals surface area contributed by atoms with E-state index in [9.17, 15) is 9.59 Å². The summed E-state index contributed by atoms with van der Waals surface area (Å²) < 4.78 is 4.71. The summed E-state index contributed by atoms with van der Waals surface area (Å²) in [7, 11) is 1.36. The molecular weight excluding hydrogens is 218 g/mol. The molecule has 96 valence electrons. The molecule has 4 nitrogen and oxygen atoms in total. The minimum atomic E-state index is -0.546. The quantitative estimate of drug-likeness (QED) is 0.539. The van der Waals surface area contributed by atoms with Crippen molar-refractivity contribution in [1.82, 2.24) is 4.90 Å². The lowest BCUT2D eigenvalue weighted by Gasteiger charge is -2.38. The molecule has 1 saturated heterocycles. The minimum absolute atomic E-state index is 0.0453. The van der Waals surface area contributed by atoms with E-state index in [-0.39, 0.29) is 11.8 Å². The molecule has 0 aromatic heterocycles. The molecule has 1 aliphatic heterocycles. The van der Waals surface area contributed by atoms with Gasteiger partial charge in [-0.05, 0) is 12.8 Å². The van der Waals surface area contributed by atoms with Gasteiger partial charge in [0.2, 0.25) is 0 Å². The van der Waals surface area contributed by atoms with Gasteiger partial charge in [-0.25, -0.2) is 0 Å². The van der Waals surface area contributed by atoms with E-state index in [1.54, 1.807) is 0 Å². The van der Waals surface area contributed by atoms with Crippen LogP contribution in [-0.2, 0) is 14.3 Å². The average Bonchev–Trinajstić information content (AvgIpc) is 2.39. The van der Waals surface area contributed by atoms with Crippen LogP contribution in [0, 0.1) is 5.92 Å². The molecule has 1 aliphatic carbocycles. The first kappa shape index (κ1) is 12.6. The summed E-state index contributed by atoms with van der Waals surface area (Å²) in [4.78, 5) is 25.6. The van der Waals surface area contributed by atoms with Crippen LogP contribution in [0.2, 0.25) is 0 Å². The van der Waals surface area contributed by atoms with Gasteiger partial charge in [0.1, 0.15) is 11.7 Å². The number of hydrogen-bond donors (Lipinski definition) is 0. The number of esters is 1. The second-order valence-electron chi connectivity index (χ2n) is 5.08. The van der Waals surface area contributed by atoms with Crippen LogP contribution >= 0.6 is 0 Å². The molecule has 0 aromatic carbocycles. The third-order valence-electron chi connectivity index (χ3n) is 4.03. The summed E-state index contributed by atoms with van der Waals surface area (Å²) in [5.74, 6) is -0.866. The van der Waals surface area contributed by atoms with Crippen molar-refractivity contribution in [2.45, 2.75) is 44.6 Å². The molecule has 1 heterocycles. The van der Waals surface area contributed by atoms with Gasteiger partial charge >= 0.3 is 5.97 Å². The van der Waals surface area contributed by atoms with Gasteiger partial charge in [-0.3, -0.25) is 14.5 Å². The largest absolute Gasteiger partial charge is 0.468 e. The predicted octanol–water partition coefficient (Wildman–Crippen LogP) is 1.38. The molecule has 0 N–H and O–H groups in total. The molecule has 0 spiro atoms. The molecule has 4 heteroatoms. The Hall–Kier alpha value is -0.900. The smallest absolute Gasteiger partial charge is 0.317 e. The van der Waals surface area contributed by atoms with Crippen molar-refractivity contribution >= 4 is 11.8 Å². The average molecular weight is 239 g/mol. The first-order chi connectivity index (χ1) is 8.22. The number of rotatable bonds is 2. The van der Waals surface area contributed by atoms with Crippen LogP contribution in [0.15, 0.2) is 0 Å². The van der Waals surface area contributed by atoms with Gasteiger partial charge in [0.05, 0.1) is 7.11 Å². The fraction of sp³-hybridized carbons (Fsp3) is 0.846. The number of hydrogen-bond acceptors (Lipinski definition) is 4. The monoisotopic (exact) mass is 239 g/mol. The highest BCUT2D eigenvalue weighted by Gasteiger charge is 2.36. The highest BCUT2D eigenvalue weighted by molar-refractivity contribution is 5.99. The Morgan fingerprint density at radius 1 is 1.29 bits per heavy atom. The lowest BCUT2D eigenvalue weighted by molar-refractivity contribution is -0.152. The van der Waals surface area contributed by atoms with Crippen molar-refractivity contribution in [1.29, 1.82) is 0 Å². The maximum Gasteiger partial charge on any atom is 0.317 e. The molecule has 2 fully saturated rings. The lowest BCUT2D eigenvalue weighted by atomic mass is 9.89. The van der Waals surface area contributed by atoms with Crippen LogP contribution < -0.4 is 0 Å². The number of ketones is 1. The molecule has 0 aromatic rings. The molecular formula is C13H21NO3. The Bertz CT molecular complexity index is 289. The SMILES string of the molecule is COC(=O)C1CN(C2CCCCC2)CCC1=O. The second kappa shape index (κ2) is 5.63. The molecule has 17 heavy (non-hydrogen) atoms. The molecule has 2 rings (SSSR count). The number of ether oxygens (including phenoxy) is 1. The van der Waals surface area contributed by atoms with Crippen molar-refractivity contribution in [3.8, 4) is 0 Å². The predicted molar refractivity (Wildman–Crippen MR) is 63.6 cm³/mol. The van der Waals surface area contributed by atoms with Gasteiger partial charge in [-0.2, -0.15) is 0 Å². The third kappa shape index (κ3) is 2.86. The van der Waals surface area contributed by atoms with Crippen LogP contribution in [0.1, 0.15) is 38.5 Å². The van der Waals surface area contributed by atoms with Gasteiger partial charge < -0.3 is 4.74 Å². The number of Topliss-reactive ketones (excluding diaryl/α,β-unsaturated/α-hetero) is 1. The van der Waals surface area contributed by atoms with Crippen molar-refractivity contribution in [3.05, 3.63) is 0 Å². The molecule has 1 atom stereocenters. The normalized spacial score (nSPS) is 28.1. The Labute approximate surface area is 102 Å². The summed E-state index contributed by atoms with van der Waals surface area (Å²) in [6.07, 6.45) is 6.79. The zero-order valence-electron chi connectivity index (χ0n) is 10.5. The van der Waals surface area contributed by atoms with E-state index < -0.39 is 5.92 Å². The van der Waals surface area contributed by atoms with E-state index in [1.807, 2.05) is 0 Å². The van der Waals surface area contributed by atoms with Crippen molar-refractivity contribution < 1.29 is 14.3 Å². The summed E-state index contributed by atoms with van der Waals surface area (Å²) in [6.45, 7) is 1.38. The molecule has 0 bridgehead atoms. The lowest BCUT2D eigenvalue weighted by Crippen LogP contribution is -2.49. The van der Waals surface area contributed by atoms with E-state index in [1.165, 1.54) is 39.2 Å². The molecule has 0 amide bonds. The van der Waals surface area contributed by atoms with E-state index in [0.29, 0.717) is 19.0 Å². The van der Waals surface area contributed by atoms with Crippen LogP contribution in [0.4, 0.5) is 0 Å². The van der Waals surface area contributed by atoms with Gasteiger partial charge in [-0.15, -0.1) is 0 Å². The maximum atomic E-state index is 11.7. The third-order valence-corrected chi connectivity index (χ3v) is 4.03. The van der Waals surface area contributed by atoms with Gasteiger partial charge in [0.25, 0.3) is 0 Å². The van der Waals surface area contributed by atoms with Crippen molar-refractivity contribution in [2.75, 3.05) is 20.2 Å². The number of carbonyl (C=O) groups is 2. The van der Waals surface area contributed by atoms with Gasteiger partial charge in [-0.1, -0.05) is 19.3 Å². The molecule has 0 radical (unpaired) electrons. The zero-order valence-corrected chi connectivity index (χ0v) is 10.5. The van der Waals surface area contributed by atoms with Crippen LogP contribution in [0.25, 0.3) is 0 Å². The fourth-order valence-electron chi connectivity index (χ4n) is 2.98. The summed E-state index contributed by atoms with van der Waals surface area (Å²) in [5.41, 5.74) is 0. The fourth-order valence-corrected chi connectivity index (χ4v) is 2.98. The first-order valence-corrected chi connectivity index (χ1v) is 6.57. The van der Waals surface area contributed by atoms with Gasteiger partial charge in [0.15, 0.2) is 0 Å². The molecule has 1 unspecified atom stereocenters. The van der Waals surface area contributed by atoms with Crippen LogP contribution in [0.3, 0.4) is 0 Å². The highest BCUT2D eigenvalue weighted by atomic mass is 16.5. The van der Waals surface area contributed by atoms with E-state index in [4.69, 9.17) is 4.74 Å². The van der Waals surface area contributed by atoms with E-state index >= 15 is 0 Å². The van der Waals surface area contributed by atoms with Crippen molar-refractivity contribution in [2.24, 2.45) is 5.92 Å². The van der Waals surface area contributed by atoms with Crippen LogP contribution in [-0.4, -0.2) is 42.9 Å². The van der Waals surface area contributed by atoms with Crippen molar-refractivity contribution in [3.63, 3.8) is 0 Å². The minimum Gasteiger partial charge on any atom is -0.468 e. The molecule has 1 saturated carbocycles. The standard InChI is InChI=1S/C13H21NO3/c1-17-13(16)11-9-14(8-7-12(11)15)10-5-3-2-4-6-10/h10-11H,2-9H2,1H3. The Morgan fingerprint density at radius 3 is 2.65 bits per heavy atom. The number of piperidine rings is 1. The Balaban J connectivity index is 1.96. The molecule has 2 aliphatic rings. The topological polar surface area (TPSA) is 46.6 Å².